The molecule has 0 saturated heterocycles. The molecular formula is C13H13N3S. The van der Waals surface area contributed by atoms with Gasteiger partial charge in [-0.2, -0.15) is 0 Å². The Bertz CT molecular complexity index is 666. The Kier molecular flexibility index (Phi) is 2.46. The van der Waals surface area contributed by atoms with Gasteiger partial charge in [0.05, 0.1) is 4.88 Å². The highest BCUT2D eigenvalue weighted by Gasteiger charge is 2.12. The molecule has 0 aliphatic rings. The summed E-state index contributed by atoms with van der Waals surface area (Å²) < 4.78 is 0. The molecule has 0 saturated carbocycles. The zero-order valence-corrected chi connectivity index (χ0v) is 10.3. The lowest BCUT2D eigenvalue weighted by molar-refractivity contribution is 1.04. The highest BCUT2D eigenvalue weighted by atomic mass is 32.1. The number of aryl methyl sites for hydroxylation is 1. The van der Waals surface area contributed by atoms with Crippen LogP contribution in [0.25, 0.3) is 21.3 Å². The molecule has 0 fully saturated rings. The largest absolute Gasteiger partial charge is 0.358 e. The molecule has 4 heteroatoms. The van der Waals surface area contributed by atoms with Crippen LogP contribution in [0, 0.1) is 6.92 Å². The highest BCUT2D eigenvalue weighted by Crippen LogP contribution is 2.35. The number of thiazole rings is 1. The van der Waals surface area contributed by atoms with E-state index in [0.29, 0.717) is 6.54 Å². The van der Waals surface area contributed by atoms with E-state index in [1.165, 1.54) is 27.0 Å². The van der Waals surface area contributed by atoms with Crippen molar-refractivity contribution in [1.29, 1.82) is 0 Å². The van der Waals surface area contributed by atoms with Crippen molar-refractivity contribution in [3.8, 4) is 10.4 Å². The van der Waals surface area contributed by atoms with Crippen molar-refractivity contribution < 1.29 is 0 Å². The second-order valence-corrected chi connectivity index (χ2v) is 5.11. The molecule has 0 unspecified atom stereocenters. The van der Waals surface area contributed by atoms with Gasteiger partial charge in [0.2, 0.25) is 0 Å². The number of nitrogens with two attached hydrogens (primary N) is 1. The van der Waals surface area contributed by atoms with E-state index in [9.17, 15) is 0 Å². The molecule has 2 aromatic heterocycles. The van der Waals surface area contributed by atoms with Crippen LogP contribution in [0.5, 0.6) is 0 Å². The number of fused-ring (bicyclic) bond motifs is 1. The normalized spacial score (nSPS) is 11.2. The Hall–Kier alpha value is -1.65. The number of para-hydroxylation sites is 1. The molecule has 3 rings (SSSR count). The van der Waals surface area contributed by atoms with Crippen molar-refractivity contribution in [1.82, 2.24) is 9.97 Å². The first-order chi connectivity index (χ1) is 8.29. The van der Waals surface area contributed by atoms with Gasteiger partial charge in [-0.25, -0.2) is 4.98 Å². The number of aromatic nitrogens is 2. The van der Waals surface area contributed by atoms with Gasteiger partial charge in [-0.15, -0.1) is 11.3 Å². The van der Waals surface area contributed by atoms with Crippen LogP contribution in [0.1, 0.15) is 10.7 Å². The van der Waals surface area contributed by atoms with E-state index in [-0.39, 0.29) is 0 Å². The molecular weight excluding hydrogens is 230 g/mol. The fraction of sp³-hybridized carbons (Fsp3) is 0.154. The molecule has 3 nitrogen and oxygen atoms in total. The van der Waals surface area contributed by atoms with Crippen LogP contribution in [0.3, 0.4) is 0 Å². The molecule has 3 aromatic rings. The lowest BCUT2D eigenvalue weighted by atomic mass is 10.1. The summed E-state index contributed by atoms with van der Waals surface area (Å²) in [6.07, 6.45) is 1.91. The SMILES string of the molecule is Cc1[nH]c2ccccc2c1-c1cnc(CN)s1. The van der Waals surface area contributed by atoms with E-state index in [1.54, 1.807) is 11.3 Å². The first-order valence-electron chi connectivity index (χ1n) is 5.52. The molecule has 2 heterocycles. The lowest BCUT2D eigenvalue weighted by Crippen LogP contribution is -1.93. The van der Waals surface area contributed by atoms with E-state index in [0.717, 1.165) is 5.01 Å². The number of nitrogens with zero attached hydrogens (tertiary/aromatic N) is 1. The van der Waals surface area contributed by atoms with Gasteiger partial charge in [0.25, 0.3) is 0 Å². The van der Waals surface area contributed by atoms with E-state index < -0.39 is 0 Å². The molecule has 0 amide bonds. The van der Waals surface area contributed by atoms with Gasteiger partial charge in [0.1, 0.15) is 5.01 Å². The molecule has 0 bridgehead atoms. The third-order valence-electron chi connectivity index (χ3n) is 2.87. The summed E-state index contributed by atoms with van der Waals surface area (Å²) in [6, 6.07) is 8.33. The van der Waals surface area contributed by atoms with Crippen molar-refractivity contribution in [3.63, 3.8) is 0 Å². The minimum Gasteiger partial charge on any atom is -0.358 e. The maximum Gasteiger partial charge on any atom is 0.107 e. The zero-order chi connectivity index (χ0) is 11.8. The molecule has 86 valence electrons. The summed E-state index contributed by atoms with van der Waals surface area (Å²) in [4.78, 5) is 8.90. The van der Waals surface area contributed by atoms with E-state index in [1.807, 2.05) is 12.3 Å². The quantitative estimate of drug-likeness (QED) is 0.726. The molecule has 0 atom stereocenters. The summed E-state index contributed by atoms with van der Waals surface area (Å²) in [5.74, 6) is 0. The first-order valence-corrected chi connectivity index (χ1v) is 6.33. The van der Waals surface area contributed by atoms with Gasteiger partial charge in [0.15, 0.2) is 0 Å². The standard InChI is InChI=1S/C13H13N3S/c1-8-13(11-7-15-12(6-14)17-11)9-4-2-3-5-10(9)16-8/h2-5,7,16H,6,14H2,1H3. The highest BCUT2D eigenvalue weighted by molar-refractivity contribution is 7.15. The summed E-state index contributed by atoms with van der Waals surface area (Å²) in [5.41, 5.74) is 9.20. The topological polar surface area (TPSA) is 54.7 Å². The van der Waals surface area contributed by atoms with Crippen LogP contribution >= 0.6 is 11.3 Å². The molecule has 0 aliphatic carbocycles. The van der Waals surface area contributed by atoms with Gasteiger partial charge in [-0.3, -0.25) is 0 Å². The van der Waals surface area contributed by atoms with Crippen molar-refractivity contribution in [2.24, 2.45) is 5.73 Å². The Morgan fingerprint density at radius 1 is 1.35 bits per heavy atom. The second kappa shape index (κ2) is 3.98. The van der Waals surface area contributed by atoms with Gasteiger partial charge < -0.3 is 10.7 Å². The summed E-state index contributed by atoms with van der Waals surface area (Å²) in [7, 11) is 0. The zero-order valence-electron chi connectivity index (χ0n) is 9.53. The fourth-order valence-electron chi connectivity index (χ4n) is 2.11. The predicted molar refractivity (Wildman–Crippen MR) is 72.0 cm³/mol. The number of benzene rings is 1. The predicted octanol–water partition coefficient (Wildman–Crippen LogP) is 3.06. The summed E-state index contributed by atoms with van der Waals surface area (Å²) >= 11 is 1.66. The van der Waals surface area contributed by atoms with Gasteiger partial charge in [-0.05, 0) is 13.0 Å². The number of aromatic amines is 1. The maximum atomic E-state index is 5.61. The van der Waals surface area contributed by atoms with E-state index >= 15 is 0 Å². The Morgan fingerprint density at radius 3 is 2.94 bits per heavy atom. The molecule has 3 N–H and O–H groups in total. The van der Waals surface area contributed by atoms with Gasteiger partial charge in [0, 0.05) is 34.9 Å². The molecule has 0 spiro atoms. The lowest BCUT2D eigenvalue weighted by Gasteiger charge is -1.95. The fourth-order valence-corrected chi connectivity index (χ4v) is 3.03. The van der Waals surface area contributed by atoms with Crippen LogP contribution in [0.4, 0.5) is 0 Å². The van der Waals surface area contributed by atoms with Crippen molar-refractivity contribution in [3.05, 3.63) is 41.2 Å². The second-order valence-electron chi connectivity index (χ2n) is 3.99. The molecule has 0 aliphatic heterocycles. The van der Waals surface area contributed by atoms with Gasteiger partial charge >= 0.3 is 0 Å². The summed E-state index contributed by atoms with van der Waals surface area (Å²) in [5, 5.41) is 2.22. The third-order valence-corrected chi connectivity index (χ3v) is 3.91. The van der Waals surface area contributed by atoms with Crippen molar-refractivity contribution in [2.75, 3.05) is 0 Å². The van der Waals surface area contributed by atoms with Crippen LogP contribution in [0.15, 0.2) is 30.5 Å². The molecule has 0 radical (unpaired) electrons. The average Bonchev–Trinajstić information content (AvgIpc) is 2.91. The number of hydrogen-bond donors (Lipinski definition) is 2. The maximum absolute atomic E-state index is 5.61. The number of nitrogens with one attached hydrogen (secondary N) is 1. The van der Waals surface area contributed by atoms with E-state index in [4.69, 9.17) is 5.73 Å². The Labute approximate surface area is 103 Å². The van der Waals surface area contributed by atoms with Gasteiger partial charge in [-0.1, -0.05) is 18.2 Å². The van der Waals surface area contributed by atoms with Crippen LogP contribution < -0.4 is 5.73 Å². The van der Waals surface area contributed by atoms with Crippen LogP contribution in [-0.4, -0.2) is 9.97 Å². The monoisotopic (exact) mass is 243 g/mol. The number of rotatable bonds is 2. The molecule has 17 heavy (non-hydrogen) atoms. The van der Waals surface area contributed by atoms with Crippen LogP contribution in [0.2, 0.25) is 0 Å². The summed E-state index contributed by atoms with van der Waals surface area (Å²) in [6.45, 7) is 2.60. The number of H-pyrrole nitrogens is 1. The number of hydrogen-bond acceptors (Lipinski definition) is 3. The first kappa shape index (κ1) is 10.5. The average molecular weight is 243 g/mol. The molecule has 1 aromatic carbocycles. The smallest absolute Gasteiger partial charge is 0.107 e. The third kappa shape index (κ3) is 1.66. The van der Waals surface area contributed by atoms with E-state index in [2.05, 4.69) is 35.1 Å². The Balaban J connectivity index is 2.25. The van der Waals surface area contributed by atoms with Crippen molar-refractivity contribution >= 4 is 22.2 Å². The van der Waals surface area contributed by atoms with Crippen molar-refractivity contribution in [2.45, 2.75) is 13.5 Å². The Morgan fingerprint density at radius 2 is 2.18 bits per heavy atom. The van der Waals surface area contributed by atoms with Crippen LogP contribution in [-0.2, 0) is 6.54 Å². The minimum atomic E-state index is 0.506. The minimum absolute atomic E-state index is 0.506.